The summed E-state index contributed by atoms with van der Waals surface area (Å²) in [5.74, 6) is 0.958. The molecule has 0 aliphatic heterocycles. The fourth-order valence-electron chi connectivity index (χ4n) is 3.32. The number of benzene rings is 1. The van der Waals surface area contributed by atoms with E-state index in [1.807, 2.05) is 31.2 Å². The van der Waals surface area contributed by atoms with Crippen LogP contribution in [0.5, 0.6) is 5.75 Å². The molecule has 0 bridgehead atoms. The summed E-state index contributed by atoms with van der Waals surface area (Å²) in [6, 6.07) is 7.35. The zero-order chi connectivity index (χ0) is 18.9. The molecule has 6 heteroatoms. The van der Waals surface area contributed by atoms with Crippen LogP contribution in [0.25, 0.3) is 0 Å². The molecule has 2 amide bonds. The number of hydrazine groups is 1. The van der Waals surface area contributed by atoms with E-state index in [0.29, 0.717) is 12.2 Å². The molecule has 1 atom stereocenters. The van der Waals surface area contributed by atoms with Gasteiger partial charge in [0.15, 0.2) is 6.10 Å². The fraction of sp³-hybridized carbons (Fsp3) is 0.600. The van der Waals surface area contributed by atoms with Gasteiger partial charge >= 0.3 is 0 Å². The highest BCUT2D eigenvalue weighted by Crippen LogP contribution is 2.30. The van der Waals surface area contributed by atoms with Crippen molar-refractivity contribution in [2.24, 2.45) is 11.8 Å². The van der Waals surface area contributed by atoms with Crippen molar-refractivity contribution in [1.29, 1.82) is 0 Å². The maximum absolute atomic E-state index is 12.4. The normalized spacial score (nSPS) is 20.9. The molecule has 2 N–H and O–H groups in total. The molecule has 1 fully saturated rings. The lowest BCUT2D eigenvalue weighted by molar-refractivity contribution is -0.135. The van der Waals surface area contributed by atoms with Gasteiger partial charge in [-0.1, -0.05) is 42.6 Å². The van der Waals surface area contributed by atoms with Gasteiger partial charge < -0.3 is 4.74 Å². The quantitative estimate of drug-likeness (QED) is 0.638. The number of carbonyl (C=O) groups is 2. The summed E-state index contributed by atoms with van der Waals surface area (Å²) in [5.41, 5.74) is 5.14. The molecule has 5 nitrogen and oxygen atoms in total. The minimum absolute atomic E-state index is 0.00452. The number of amides is 2. The van der Waals surface area contributed by atoms with Crippen LogP contribution in [0.2, 0.25) is 0 Å². The Balaban J connectivity index is 1.83. The molecular weight excluding hydrogens is 396 g/mol. The van der Waals surface area contributed by atoms with Crippen molar-refractivity contribution in [3.8, 4) is 5.75 Å². The summed E-state index contributed by atoms with van der Waals surface area (Å²) in [5, 5.41) is 0. The molecule has 1 unspecified atom stereocenters. The van der Waals surface area contributed by atoms with Crippen molar-refractivity contribution >= 4 is 27.7 Å². The third-order valence-corrected chi connectivity index (χ3v) is 5.57. The lowest BCUT2D eigenvalue weighted by Gasteiger charge is -2.27. The van der Waals surface area contributed by atoms with Crippen molar-refractivity contribution in [3.63, 3.8) is 0 Å². The molecule has 0 spiro atoms. The number of hydrogen-bond donors (Lipinski definition) is 2. The van der Waals surface area contributed by atoms with E-state index in [-0.39, 0.29) is 17.7 Å². The second-order valence-corrected chi connectivity index (χ2v) is 7.87. The van der Waals surface area contributed by atoms with E-state index in [0.717, 1.165) is 42.5 Å². The van der Waals surface area contributed by atoms with Crippen molar-refractivity contribution in [2.75, 3.05) is 0 Å². The van der Waals surface area contributed by atoms with Gasteiger partial charge in [-0.2, -0.15) is 0 Å². The molecule has 0 radical (unpaired) electrons. The zero-order valence-electron chi connectivity index (χ0n) is 15.6. The fourth-order valence-corrected chi connectivity index (χ4v) is 3.59. The molecule has 26 heavy (non-hydrogen) atoms. The van der Waals surface area contributed by atoms with Crippen LogP contribution in [0.15, 0.2) is 28.7 Å². The molecule has 0 saturated heterocycles. The van der Waals surface area contributed by atoms with E-state index in [9.17, 15) is 9.59 Å². The number of hydrogen-bond acceptors (Lipinski definition) is 3. The predicted octanol–water partition coefficient (Wildman–Crippen LogP) is 4.36. The first-order chi connectivity index (χ1) is 12.5. The van der Waals surface area contributed by atoms with E-state index in [4.69, 9.17) is 4.74 Å². The van der Waals surface area contributed by atoms with E-state index >= 15 is 0 Å². The SMILES string of the molecule is CCCC(Oc1ccc(Br)cc1)C(=O)NNC(=O)C1CCC(CC)CC1. The summed E-state index contributed by atoms with van der Waals surface area (Å²) in [6.07, 6.45) is 5.92. The summed E-state index contributed by atoms with van der Waals surface area (Å²) >= 11 is 3.38. The monoisotopic (exact) mass is 424 g/mol. The Bertz CT molecular complexity index is 583. The number of carbonyl (C=O) groups excluding carboxylic acids is 2. The van der Waals surface area contributed by atoms with Crippen LogP contribution in [-0.2, 0) is 9.59 Å². The van der Waals surface area contributed by atoms with Crippen LogP contribution in [-0.4, -0.2) is 17.9 Å². The third-order valence-electron chi connectivity index (χ3n) is 5.04. The highest BCUT2D eigenvalue weighted by Gasteiger charge is 2.26. The average Bonchev–Trinajstić information content (AvgIpc) is 2.67. The van der Waals surface area contributed by atoms with Gasteiger partial charge in [-0.3, -0.25) is 20.4 Å². The van der Waals surface area contributed by atoms with Gasteiger partial charge in [-0.25, -0.2) is 0 Å². The predicted molar refractivity (Wildman–Crippen MR) is 105 cm³/mol. The van der Waals surface area contributed by atoms with E-state index in [1.54, 1.807) is 0 Å². The van der Waals surface area contributed by atoms with Crippen LogP contribution in [0.4, 0.5) is 0 Å². The highest BCUT2D eigenvalue weighted by atomic mass is 79.9. The van der Waals surface area contributed by atoms with Crippen LogP contribution < -0.4 is 15.6 Å². The molecule has 2 rings (SSSR count). The maximum atomic E-state index is 12.4. The van der Waals surface area contributed by atoms with Gasteiger partial charge in [0.2, 0.25) is 5.91 Å². The van der Waals surface area contributed by atoms with E-state index < -0.39 is 6.10 Å². The first-order valence-corrected chi connectivity index (χ1v) is 10.3. The largest absolute Gasteiger partial charge is 0.481 e. The number of nitrogens with one attached hydrogen (secondary N) is 2. The number of rotatable bonds is 7. The van der Waals surface area contributed by atoms with E-state index in [2.05, 4.69) is 33.7 Å². The van der Waals surface area contributed by atoms with Gasteiger partial charge in [0.25, 0.3) is 5.91 Å². The standard InChI is InChI=1S/C20H29BrN2O3/c1-3-5-18(26-17-12-10-16(21)11-13-17)20(25)23-22-19(24)15-8-6-14(4-2)7-9-15/h10-15,18H,3-9H2,1-2H3,(H,22,24)(H,23,25). The second kappa shape index (κ2) is 10.6. The first kappa shape index (κ1) is 20.7. The third kappa shape index (κ3) is 6.31. The van der Waals surface area contributed by atoms with Crippen molar-refractivity contribution in [2.45, 2.75) is 64.9 Å². The van der Waals surface area contributed by atoms with Gasteiger partial charge in [-0.15, -0.1) is 0 Å². The molecule has 1 saturated carbocycles. The molecule has 1 aromatic carbocycles. The maximum Gasteiger partial charge on any atom is 0.279 e. The number of halogens is 1. The molecule has 144 valence electrons. The summed E-state index contributed by atoms with van der Waals surface area (Å²) in [6.45, 7) is 4.20. The van der Waals surface area contributed by atoms with Crippen LogP contribution in [0.1, 0.15) is 58.8 Å². The lowest BCUT2D eigenvalue weighted by Crippen LogP contribution is -2.50. The zero-order valence-corrected chi connectivity index (χ0v) is 17.2. The molecule has 0 aromatic heterocycles. The van der Waals surface area contributed by atoms with Gasteiger partial charge in [0.05, 0.1) is 0 Å². The Morgan fingerprint density at radius 3 is 2.35 bits per heavy atom. The number of ether oxygens (including phenoxy) is 1. The molecular formula is C20H29BrN2O3. The lowest BCUT2D eigenvalue weighted by atomic mass is 9.80. The van der Waals surface area contributed by atoms with Gasteiger partial charge in [0, 0.05) is 10.4 Å². The molecule has 1 aliphatic carbocycles. The Morgan fingerprint density at radius 1 is 1.12 bits per heavy atom. The summed E-state index contributed by atoms with van der Waals surface area (Å²) in [4.78, 5) is 24.7. The van der Waals surface area contributed by atoms with Crippen LogP contribution >= 0.6 is 15.9 Å². The Kier molecular flexibility index (Phi) is 8.42. The van der Waals surface area contributed by atoms with Crippen LogP contribution in [0, 0.1) is 11.8 Å². The molecule has 0 heterocycles. The van der Waals surface area contributed by atoms with Crippen molar-refractivity contribution in [1.82, 2.24) is 10.9 Å². The van der Waals surface area contributed by atoms with E-state index in [1.165, 1.54) is 6.42 Å². The first-order valence-electron chi connectivity index (χ1n) is 9.55. The Morgan fingerprint density at radius 2 is 1.77 bits per heavy atom. The minimum atomic E-state index is -0.627. The molecule has 1 aromatic rings. The average molecular weight is 425 g/mol. The summed E-state index contributed by atoms with van der Waals surface area (Å²) < 4.78 is 6.74. The topological polar surface area (TPSA) is 67.4 Å². The van der Waals surface area contributed by atoms with Gasteiger partial charge in [-0.05, 0) is 62.3 Å². The van der Waals surface area contributed by atoms with Crippen molar-refractivity contribution in [3.05, 3.63) is 28.7 Å². The second-order valence-electron chi connectivity index (χ2n) is 6.95. The summed E-state index contributed by atoms with van der Waals surface area (Å²) in [7, 11) is 0. The van der Waals surface area contributed by atoms with Gasteiger partial charge in [0.1, 0.15) is 5.75 Å². The van der Waals surface area contributed by atoms with Crippen molar-refractivity contribution < 1.29 is 14.3 Å². The minimum Gasteiger partial charge on any atom is -0.481 e. The molecule has 1 aliphatic rings. The Hall–Kier alpha value is -1.56. The highest BCUT2D eigenvalue weighted by molar-refractivity contribution is 9.10. The van der Waals surface area contributed by atoms with Crippen LogP contribution in [0.3, 0.4) is 0 Å². The smallest absolute Gasteiger partial charge is 0.279 e. The Labute approximate surface area is 164 Å².